The van der Waals surface area contributed by atoms with Crippen LogP contribution in [0.1, 0.15) is 11.1 Å². The molecule has 1 aliphatic heterocycles. The standard InChI is InChI=1S/C25H27N5O/c1-18-6-4-9-23(19(18)2)28-12-14-29(15-13-28)25-24-17-22(27-30(24)11-10-26-25)20-7-5-8-21(16-20)31-3/h4-11,16-17H,12-15H2,1-3H3. The molecule has 2 aromatic carbocycles. The summed E-state index contributed by atoms with van der Waals surface area (Å²) in [4.78, 5) is 9.57. The van der Waals surface area contributed by atoms with Gasteiger partial charge in [-0.3, -0.25) is 0 Å². The van der Waals surface area contributed by atoms with E-state index in [0.29, 0.717) is 0 Å². The van der Waals surface area contributed by atoms with Crippen LogP contribution in [0.5, 0.6) is 5.75 Å². The predicted octanol–water partition coefficient (Wildman–Crippen LogP) is 4.35. The van der Waals surface area contributed by atoms with Gasteiger partial charge in [0, 0.05) is 49.8 Å². The number of hydrogen-bond acceptors (Lipinski definition) is 5. The maximum atomic E-state index is 5.37. The first-order valence-electron chi connectivity index (χ1n) is 10.7. The van der Waals surface area contributed by atoms with E-state index < -0.39 is 0 Å². The topological polar surface area (TPSA) is 45.9 Å². The van der Waals surface area contributed by atoms with E-state index in [9.17, 15) is 0 Å². The molecular formula is C25H27N5O. The number of methoxy groups -OCH3 is 1. The summed E-state index contributed by atoms with van der Waals surface area (Å²) in [6.07, 6.45) is 3.75. The number of aromatic nitrogens is 3. The molecule has 3 heterocycles. The largest absolute Gasteiger partial charge is 0.497 e. The van der Waals surface area contributed by atoms with Gasteiger partial charge in [0.2, 0.25) is 0 Å². The lowest BCUT2D eigenvalue weighted by Crippen LogP contribution is -2.47. The third-order valence-electron chi connectivity index (χ3n) is 6.23. The highest BCUT2D eigenvalue weighted by molar-refractivity contribution is 5.76. The summed E-state index contributed by atoms with van der Waals surface area (Å²) in [7, 11) is 1.68. The number of anilines is 2. The minimum atomic E-state index is 0.829. The van der Waals surface area contributed by atoms with Gasteiger partial charge in [0.05, 0.1) is 12.8 Å². The SMILES string of the molecule is COc1cccc(-c2cc3c(N4CCN(c5cccc(C)c5C)CC4)nccn3n2)c1. The minimum Gasteiger partial charge on any atom is -0.497 e. The van der Waals surface area contributed by atoms with E-state index in [1.807, 2.05) is 35.1 Å². The highest BCUT2D eigenvalue weighted by Crippen LogP contribution is 2.29. The molecule has 0 spiro atoms. The number of nitrogens with zero attached hydrogens (tertiary/aromatic N) is 5. The second kappa shape index (κ2) is 7.95. The summed E-state index contributed by atoms with van der Waals surface area (Å²) in [6, 6.07) is 16.7. The van der Waals surface area contributed by atoms with Crippen molar-refractivity contribution < 1.29 is 4.74 Å². The Morgan fingerprint density at radius 3 is 2.48 bits per heavy atom. The molecule has 4 aromatic rings. The van der Waals surface area contributed by atoms with E-state index in [1.165, 1.54) is 16.8 Å². The fourth-order valence-corrected chi connectivity index (χ4v) is 4.31. The number of benzene rings is 2. The van der Waals surface area contributed by atoms with Crippen LogP contribution in [-0.2, 0) is 0 Å². The molecule has 0 bridgehead atoms. The molecule has 5 rings (SSSR count). The fourth-order valence-electron chi connectivity index (χ4n) is 4.31. The average Bonchev–Trinajstić information content (AvgIpc) is 3.26. The Labute approximate surface area is 182 Å². The Hall–Kier alpha value is -3.54. The van der Waals surface area contributed by atoms with Gasteiger partial charge in [0.1, 0.15) is 11.3 Å². The van der Waals surface area contributed by atoms with Crippen molar-refractivity contribution in [1.82, 2.24) is 14.6 Å². The smallest absolute Gasteiger partial charge is 0.154 e. The van der Waals surface area contributed by atoms with E-state index in [2.05, 4.69) is 54.0 Å². The van der Waals surface area contributed by atoms with Gasteiger partial charge in [-0.2, -0.15) is 5.10 Å². The molecule has 1 aliphatic rings. The summed E-state index contributed by atoms with van der Waals surface area (Å²) in [6.45, 7) is 8.21. The molecule has 6 nitrogen and oxygen atoms in total. The van der Waals surface area contributed by atoms with Gasteiger partial charge < -0.3 is 14.5 Å². The molecule has 0 saturated carbocycles. The van der Waals surface area contributed by atoms with Gasteiger partial charge in [-0.15, -0.1) is 0 Å². The Morgan fingerprint density at radius 2 is 1.68 bits per heavy atom. The summed E-state index contributed by atoms with van der Waals surface area (Å²) in [5, 5.41) is 4.78. The average molecular weight is 414 g/mol. The number of rotatable bonds is 4. The van der Waals surface area contributed by atoms with Crippen molar-refractivity contribution in [2.45, 2.75) is 13.8 Å². The van der Waals surface area contributed by atoms with Crippen molar-refractivity contribution in [1.29, 1.82) is 0 Å². The van der Waals surface area contributed by atoms with Crippen LogP contribution < -0.4 is 14.5 Å². The van der Waals surface area contributed by atoms with Crippen LogP contribution >= 0.6 is 0 Å². The molecule has 0 amide bonds. The molecule has 158 valence electrons. The second-order valence-corrected chi connectivity index (χ2v) is 8.04. The highest BCUT2D eigenvalue weighted by Gasteiger charge is 2.22. The zero-order valence-electron chi connectivity index (χ0n) is 18.2. The maximum Gasteiger partial charge on any atom is 0.154 e. The van der Waals surface area contributed by atoms with Gasteiger partial charge >= 0.3 is 0 Å². The molecule has 6 heteroatoms. The zero-order valence-corrected chi connectivity index (χ0v) is 18.2. The van der Waals surface area contributed by atoms with Crippen molar-refractivity contribution >= 4 is 17.0 Å². The Morgan fingerprint density at radius 1 is 0.903 bits per heavy atom. The van der Waals surface area contributed by atoms with Crippen LogP contribution in [0.25, 0.3) is 16.8 Å². The first-order valence-corrected chi connectivity index (χ1v) is 10.7. The lowest BCUT2D eigenvalue weighted by molar-refractivity contribution is 0.415. The number of aryl methyl sites for hydroxylation is 1. The molecule has 0 N–H and O–H groups in total. The quantitative estimate of drug-likeness (QED) is 0.498. The lowest BCUT2D eigenvalue weighted by atomic mass is 10.1. The lowest BCUT2D eigenvalue weighted by Gasteiger charge is -2.37. The second-order valence-electron chi connectivity index (χ2n) is 8.04. The van der Waals surface area contributed by atoms with Crippen molar-refractivity contribution in [3.63, 3.8) is 0 Å². The molecule has 2 aromatic heterocycles. The number of ether oxygens (including phenoxy) is 1. The summed E-state index contributed by atoms with van der Waals surface area (Å²) >= 11 is 0. The third kappa shape index (κ3) is 3.58. The summed E-state index contributed by atoms with van der Waals surface area (Å²) in [5.74, 6) is 1.82. The van der Waals surface area contributed by atoms with E-state index in [4.69, 9.17) is 14.8 Å². The van der Waals surface area contributed by atoms with Crippen LogP contribution in [0.3, 0.4) is 0 Å². The monoisotopic (exact) mass is 413 g/mol. The van der Waals surface area contributed by atoms with Crippen LogP contribution in [0.4, 0.5) is 11.5 Å². The molecule has 31 heavy (non-hydrogen) atoms. The van der Waals surface area contributed by atoms with Crippen molar-refractivity contribution in [3.8, 4) is 17.0 Å². The van der Waals surface area contributed by atoms with Gasteiger partial charge in [-0.05, 0) is 49.2 Å². The molecule has 1 fully saturated rings. The molecular weight excluding hydrogens is 386 g/mol. The highest BCUT2D eigenvalue weighted by atomic mass is 16.5. The first kappa shape index (κ1) is 19.4. The van der Waals surface area contributed by atoms with E-state index in [-0.39, 0.29) is 0 Å². The van der Waals surface area contributed by atoms with Crippen LogP contribution in [0.15, 0.2) is 60.9 Å². The normalized spacial score (nSPS) is 14.3. The van der Waals surface area contributed by atoms with Gasteiger partial charge in [-0.1, -0.05) is 24.3 Å². The van der Waals surface area contributed by atoms with E-state index >= 15 is 0 Å². The van der Waals surface area contributed by atoms with Crippen molar-refractivity contribution in [3.05, 3.63) is 72.1 Å². The van der Waals surface area contributed by atoms with Crippen molar-refractivity contribution in [2.75, 3.05) is 43.1 Å². The zero-order chi connectivity index (χ0) is 21.4. The molecule has 0 unspecified atom stereocenters. The van der Waals surface area contributed by atoms with Gasteiger partial charge in [0.15, 0.2) is 5.82 Å². The number of hydrogen-bond donors (Lipinski definition) is 0. The maximum absolute atomic E-state index is 5.37. The van der Waals surface area contributed by atoms with E-state index in [0.717, 1.165) is 54.5 Å². The number of fused-ring (bicyclic) bond motifs is 1. The molecule has 0 radical (unpaired) electrons. The van der Waals surface area contributed by atoms with Crippen LogP contribution in [-0.4, -0.2) is 47.9 Å². The fraction of sp³-hybridized carbons (Fsp3) is 0.280. The van der Waals surface area contributed by atoms with Gasteiger partial charge in [0.25, 0.3) is 0 Å². The van der Waals surface area contributed by atoms with Crippen LogP contribution in [0, 0.1) is 13.8 Å². The van der Waals surface area contributed by atoms with E-state index in [1.54, 1.807) is 7.11 Å². The van der Waals surface area contributed by atoms with Gasteiger partial charge in [-0.25, -0.2) is 9.50 Å². The Kier molecular flexibility index (Phi) is 4.98. The molecule has 1 saturated heterocycles. The predicted molar refractivity (Wildman–Crippen MR) is 125 cm³/mol. The number of piperazine rings is 1. The minimum absolute atomic E-state index is 0.829. The Balaban J connectivity index is 1.41. The molecule has 0 atom stereocenters. The Bertz CT molecular complexity index is 1220. The summed E-state index contributed by atoms with van der Waals surface area (Å²) in [5.41, 5.74) is 7.04. The third-order valence-corrected chi connectivity index (χ3v) is 6.23. The van der Waals surface area contributed by atoms with Crippen molar-refractivity contribution in [2.24, 2.45) is 0 Å². The summed E-state index contributed by atoms with van der Waals surface area (Å²) < 4.78 is 7.30. The first-order chi connectivity index (χ1) is 15.1. The van der Waals surface area contributed by atoms with Crippen LogP contribution in [0.2, 0.25) is 0 Å². The molecule has 0 aliphatic carbocycles.